The average molecular weight is 606 g/mol. The van der Waals surface area contributed by atoms with E-state index in [2.05, 4.69) is 31.2 Å². The van der Waals surface area contributed by atoms with E-state index in [1.165, 1.54) is 36.5 Å². The fourth-order valence-electron chi connectivity index (χ4n) is 4.15. The number of amides is 2. The molecule has 0 fully saturated rings. The summed E-state index contributed by atoms with van der Waals surface area (Å²) in [5, 5.41) is 12.3. The van der Waals surface area contributed by atoms with Gasteiger partial charge in [0.15, 0.2) is 5.82 Å². The van der Waals surface area contributed by atoms with Crippen molar-refractivity contribution in [1.82, 2.24) is 20.3 Å². The molecule has 0 spiro atoms. The van der Waals surface area contributed by atoms with E-state index < -0.39 is 23.8 Å². The number of hydrogen-bond donors (Lipinski definition) is 4. The van der Waals surface area contributed by atoms with Gasteiger partial charge in [0.2, 0.25) is 11.9 Å². The normalized spacial score (nSPS) is 12.8. The number of hydrogen-bond acceptors (Lipinski definition) is 10. The topological polar surface area (TPSA) is 147 Å². The highest BCUT2D eigenvalue weighted by atomic mass is 35.5. The van der Waals surface area contributed by atoms with Gasteiger partial charge in [0, 0.05) is 18.4 Å². The second-order valence-electron chi connectivity index (χ2n) is 9.22. The third-order valence-corrected chi connectivity index (χ3v) is 6.46. The van der Waals surface area contributed by atoms with Crippen molar-refractivity contribution in [3.05, 3.63) is 100 Å². The van der Waals surface area contributed by atoms with Crippen molar-refractivity contribution in [2.24, 2.45) is 0 Å². The van der Waals surface area contributed by atoms with Crippen molar-refractivity contribution in [2.75, 3.05) is 29.5 Å². The molecule has 1 aliphatic rings. The lowest BCUT2D eigenvalue weighted by Crippen LogP contribution is -2.32. The summed E-state index contributed by atoms with van der Waals surface area (Å²) in [6.07, 6.45) is 0.386. The van der Waals surface area contributed by atoms with Crippen LogP contribution in [0.1, 0.15) is 21.5 Å². The number of carbonyl (C=O) groups excluding carboxylic acids is 3. The molecular formula is C29H25ClFN7O5. The number of para-hydroxylation sites is 1. The summed E-state index contributed by atoms with van der Waals surface area (Å²) in [4.78, 5) is 50.8. The Morgan fingerprint density at radius 2 is 1.88 bits per heavy atom. The zero-order chi connectivity index (χ0) is 30.3. The minimum atomic E-state index is -0.930. The Hall–Kier alpha value is -5.27. The maximum Gasteiger partial charge on any atom is 0.528 e. The molecule has 0 radical (unpaired) electrons. The first-order chi connectivity index (χ1) is 20.8. The van der Waals surface area contributed by atoms with Gasteiger partial charge in [0.05, 0.1) is 24.0 Å². The smallest absolute Gasteiger partial charge is 0.428 e. The first-order valence-corrected chi connectivity index (χ1v) is 13.3. The minimum absolute atomic E-state index is 0.0326. The van der Waals surface area contributed by atoms with E-state index in [0.29, 0.717) is 16.9 Å². The molecule has 4 N–H and O–H groups in total. The molecular weight excluding hydrogens is 581 g/mol. The fraction of sp³-hybridized carbons (Fsp3) is 0.138. The largest absolute Gasteiger partial charge is 0.528 e. The van der Waals surface area contributed by atoms with Crippen molar-refractivity contribution >= 4 is 58.4 Å². The van der Waals surface area contributed by atoms with E-state index in [1.54, 1.807) is 18.2 Å². The Balaban J connectivity index is 1.28. The van der Waals surface area contributed by atoms with Gasteiger partial charge < -0.3 is 30.8 Å². The molecule has 1 aromatic heterocycles. The molecule has 14 heteroatoms. The molecule has 2 amide bonds. The van der Waals surface area contributed by atoms with Crippen LogP contribution >= 0.6 is 11.6 Å². The molecule has 1 aliphatic heterocycles. The van der Waals surface area contributed by atoms with E-state index in [0.717, 1.165) is 5.56 Å². The molecule has 220 valence electrons. The summed E-state index contributed by atoms with van der Waals surface area (Å²) >= 11 is 6.26. The molecule has 0 unspecified atom stereocenters. The van der Waals surface area contributed by atoms with Gasteiger partial charge in [-0.05, 0) is 35.4 Å². The van der Waals surface area contributed by atoms with Gasteiger partial charge in [-0.25, -0.2) is 14.2 Å². The van der Waals surface area contributed by atoms with Crippen molar-refractivity contribution in [3.8, 4) is 0 Å². The van der Waals surface area contributed by atoms with Crippen LogP contribution in [0.2, 0.25) is 5.02 Å². The van der Waals surface area contributed by atoms with Crippen LogP contribution in [0.5, 0.6) is 0 Å². The zero-order valence-electron chi connectivity index (χ0n) is 22.7. The Morgan fingerprint density at radius 1 is 1.07 bits per heavy atom. The van der Waals surface area contributed by atoms with Gasteiger partial charge in [0.1, 0.15) is 24.0 Å². The number of ether oxygens (including phenoxy) is 1. The van der Waals surface area contributed by atoms with Crippen LogP contribution in [0.25, 0.3) is 0 Å². The Morgan fingerprint density at radius 3 is 2.67 bits per heavy atom. The van der Waals surface area contributed by atoms with Crippen LogP contribution in [0.15, 0.2) is 72.9 Å². The molecule has 3 aromatic carbocycles. The average Bonchev–Trinajstić information content (AvgIpc) is 3.15. The minimum Gasteiger partial charge on any atom is -0.428 e. The third-order valence-electron chi connectivity index (χ3n) is 6.18. The number of aromatic nitrogens is 2. The van der Waals surface area contributed by atoms with Gasteiger partial charge in [-0.3, -0.25) is 9.59 Å². The predicted molar refractivity (Wildman–Crippen MR) is 157 cm³/mol. The van der Waals surface area contributed by atoms with Crippen LogP contribution in [-0.2, 0) is 27.5 Å². The highest BCUT2D eigenvalue weighted by molar-refractivity contribution is 6.33. The molecule has 0 bridgehead atoms. The standard InChI is InChI=1S/C29H25ClFN7O5/c1-32-27(40)20-8-5-9-22(31)25(20)36-26-21(30)13-33-28(37-26)34-19-11-10-18-14-38(15-24(39)35-23(18)12-19)43-29(41)42-16-17-6-3-2-4-7-17/h2-13H,14-16H2,1H3,(H,32,40)(H,35,39)(H2,33,34,36,37). The number of fused-ring (bicyclic) bond motifs is 1. The molecule has 12 nitrogen and oxygen atoms in total. The number of carbonyl (C=O) groups is 3. The van der Waals surface area contributed by atoms with Crippen LogP contribution in [0, 0.1) is 5.82 Å². The molecule has 0 saturated carbocycles. The predicted octanol–water partition coefficient (Wildman–Crippen LogP) is 5.14. The monoisotopic (exact) mass is 605 g/mol. The van der Waals surface area contributed by atoms with Gasteiger partial charge >= 0.3 is 6.16 Å². The highest BCUT2D eigenvalue weighted by Gasteiger charge is 2.24. The number of hydroxylamine groups is 2. The number of halogens is 2. The Bertz CT molecular complexity index is 1670. The number of nitrogens with one attached hydrogen (secondary N) is 4. The number of rotatable bonds is 8. The zero-order valence-corrected chi connectivity index (χ0v) is 23.4. The van der Waals surface area contributed by atoms with E-state index in [9.17, 15) is 18.8 Å². The lowest BCUT2D eigenvalue weighted by Gasteiger charge is -2.18. The van der Waals surface area contributed by atoms with Gasteiger partial charge in [-0.2, -0.15) is 4.98 Å². The van der Waals surface area contributed by atoms with Gasteiger partial charge in [-0.1, -0.05) is 54.1 Å². The number of benzene rings is 3. The highest BCUT2D eigenvalue weighted by Crippen LogP contribution is 2.30. The summed E-state index contributed by atoms with van der Waals surface area (Å²) in [5.74, 6) is -1.40. The molecule has 43 heavy (non-hydrogen) atoms. The summed E-state index contributed by atoms with van der Waals surface area (Å²) < 4.78 is 19.8. The second kappa shape index (κ2) is 13.1. The van der Waals surface area contributed by atoms with E-state index in [1.807, 2.05) is 30.3 Å². The third kappa shape index (κ3) is 7.33. The molecule has 4 aromatic rings. The van der Waals surface area contributed by atoms with E-state index >= 15 is 0 Å². The van der Waals surface area contributed by atoms with Crippen molar-refractivity contribution in [3.63, 3.8) is 0 Å². The van der Waals surface area contributed by atoms with Crippen LogP contribution in [0.3, 0.4) is 0 Å². The molecule has 0 atom stereocenters. The summed E-state index contributed by atoms with van der Waals surface area (Å²) in [6.45, 7) is -0.0528. The van der Waals surface area contributed by atoms with E-state index in [-0.39, 0.29) is 47.7 Å². The summed E-state index contributed by atoms with van der Waals surface area (Å²) in [5.41, 5.74) is 2.43. The van der Waals surface area contributed by atoms with Crippen LogP contribution < -0.4 is 21.3 Å². The number of anilines is 5. The number of nitrogens with zero attached hydrogens (tertiary/aromatic N) is 3. The quantitative estimate of drug-likeness (QED) is 0.199. The summed E-state index contributed by atoms with van der Waals surface area (Å²) in [6, 6.07) is 18.3. The van der Waals surface area contributed by atoms with Gasteiger partial charge in [-0.15, -0.1) is 5.06 Å². The van der Waals surface area contributed by atoms with Crippen molar-refractivity contribution < 1.29 is 28.3 Å². The first-order valence-electron chi connectivity index (χ1n) is 12.9. The molecule has 0 aliphatic carbocycles. The maximum atomic E-state index is 14.6. The Labute approximate surface area is 250 Å². The fourth-order valence-corrected chi connectivity index (χ4v) is 4.29. The van der Waals surface area contributed by atoms with Gasteiger partial charge in [0.25, 0.3) is 5.91 Å². The lowest BCUT2D eigenvalue weighted by molar-refractivity contribution is -0.147. The Kier molecular flexibility index (Phi) is 8.93. The molecule has 2 heterocycles. The summed E-state index contributed by atoms with van der Waals surface area (Å²) in [7, 11) is 1.44. The van der Waals surface area contributed by atoms with Crippen LogP contribution in [-0.4, -0.2) is 46.6 Å². The molecule has 0 saturated heterocycles. The van der Waals surface area contributed by atoms with E-state index in [4.69, 9.17) is 21.2 Å². The van der Waals surface area contributed by atoms with Crippen molar-refractivity contribution in [2.45, 2.75) is 13.2 Å². The second-order valence-corrected chi connectivity index (χ2v) is 9.62. The first kappa shape index (κ1) is 29.2. The van der Waals surface area contributed by atoms with Crippen molar-refractivity contribution in [1.29, 1.82) is 0 Å². The molecule has 5 rings (SSSR count). The lowest BCUT2D eigenvalue weighted by atomic mass is 10.1. The van der Waals surface area contributed by atoms with Crippen LogP contribution in [0.4, 0.5) is 38.0 Å². The SMILES string of the molecule is CNC(=O)c1cccc(F)c1Nc1nc(Nc2ccc3c(c2)NC(=O)CN(OC(=O)OCc2ccccc2)C3)ncc1Cl. The maximum absolute atomic E-state index is 14.6.